The second-order valence-corrected chi connectivity index (χ2v) is 9.43. The lowest BCUT2D eigenvalue weighted by Crippen LogP contribution is -2.27. The maximum atomic E-state index is 14.0. The summed E-state index contributed by atoms with van der Waals surface area (Å²) in [5.41, 5.74) is 2.30. The predicted molar refractivity (Wildman–Crippen MR) is 145 cm³/mol. The first-order valence-corrected chi connectivity index (χ1v) is 12.6. The molecular formula is C26H21Cl2FN8O2. The molecule has 0 fully saturated rings. The third-order valence-electron chi connectivity index (χ3n) is 5.91. The Morgan fingerprint density at radius 2 is 2.05 bits per heavy atom. The molecule has 0 saturated heterocycles. The van der Waals surface area contributed by atoms with Crippen molar-refractivity contribution < 1.29 is 14.0 Å². The first-order valence-electron chi connectivity index (χ1n) is 11.9. The smallest absolute Gasteiger partial charge is 0.244 e. The number of H-pyrrole nitrogens is 1. The molecule has 0 unspecified atom stereocenters. The number of halogens is 3. The molecule has 1 atom stereocenters. The normalized spacial score (nSPS) is 16.5. The number of anilines is 1. The van der Waals surface area contributed by atoms with Gasteiger partial charge in [0.15, 0.2) is 0 Å². The second kappa shape index (κ2) is 11.6. The van der Waals surface area contributed by atoms with E-state index in [4.69, 9.17) is 23.2 Å². The molecule has 39 heavy (non-hydrogen) atoms. The highest BCUT2D eigenvalue weighted by Crippen LogP contribution is 2.34. The Kier molecular flexibility index (Phi) is 7.80. The lowest BCUT2D eigenvalue weighted by Gasteiger charge is -2.14. The van der Waals surface area contributed by atoms with Gasteiger partial charge in [0, 0.05) is 28.6 Å². The third kappa shape index (κ3) is 6.21. The standard InChI is InChI=1S/C26H21Cl2FN8O2/c27-16-7-10-21(37-14-30-35-36-37)15(12-16)6-11-23(39)31-19-4-2-1-3-5-22(38)32-20-13-17(29)8-9-18(20)24-25(28)34-26(19)33-24/h1-2,6-14,19H,3-5H2,(H,31,39)(H,32,38)(H,33,34)/b2-1+,11-6+/t19-/m0/s1. The number of carbonyl (C=O) groups is 2. The van der Waals surface area contributed by atoms with E-state index in [1.165, 1.54) is 35.3 Å². The monoisotopic (exact) mass is 566 g/mol. The summed E-state index contributed by atoms with van der Waals surface area (Å²) in [5, 5.41) is 17.5. The number of nitrogens with one attached hydrogen (secondary N) is 3. The molecule has 10 nitrogen and oxygen atoms in total. The first kappa shape index (κ1) is 26.3. The molecule has 0 saturated carbocycles. The van der Waals surface area contributed by atoms with Crippen LogP contribution < -0.4 is 10.6 Å². The average Bonchev–Trinajstić information content (AvgIpc) is 3.57. The fraction of sp³-hybridized carbons (Fsp3) is 0.154. The summed E-state index contributed by atoms with van der Waals surface area (Å²) >= 11 is 12.6. The topological polar surface area (TPSA) is 130 Å². The average molecular weight is 567 g/mol. The highest BCUT2D eigenvalue weighted by atomic mass is 35.5. The van der Waals surface area contributed by atoms with Crippen molar-refractivity contribution in [3.63, 3.8) is 0 Å². The van der Waals surface area contributed by atoms with Gasteiger partial charge in [-0.2, -0.15) is 4.68 Å². The quantitative estimate of drug-likeness (QED) is 0.234. The van der Waals surface area contributed by atoms with E-state index >= 15 is 0 Å². The van der Waals surface area contributed by atoms with Crippen molar-refractivity contribution in [2.24, 2.45) is 0 Å². The number of amides is 2. The Hall–Kier alpha value is -4.35. The van der Waals surface area contributed by atoms with Gasteiger partial charge in [-0.25, -0.2) is 9.37 Å². The molecule has 1 aliphatic heterocycles. The molecule has 198 valence electrons. The van der Waals surface area contributed by atoms with E-state index in [0.29, 0.717) is 46.2 Å². The van der Waals surface area contributed by atoms with Crippen molar-refractivity contribution in [1.29, 1.82) is 0 Å². The number of fused-ring (bicyclic) bond motifs is 4. The van der Waals surface area contributed by atoms with Gasteiger partial charge < -0.3 is 15.6 Å². The Morgan fingerprint density at radius 3 is 2.87 bits per heavy atom. The third-order valence-corrected chi connectivity index (χ3v) is 6.42. The molecular weight excluding hydrogens is 546 g/mol. The van der Waals surface area contributed by atoms with Gasteiger partial charge in [0.1, 0.15) is 28.8 Å². The predicted octanol–water partition coefficient (Wildman–Crippen LogP) is 5.05. The van der Waals surface area contributed by atoms with Crippen molar-refractivity contribution in [2.75, 3.05) is 5.32 Å². The summed E-state index contributed by atoms with van der Waals surface area (Å²) in [6.07, 6.45) is 9.17. The minimum absolute atomic E-state index is 0.188. The van der Waals surface area contributed by atoms with Crippen molar-refractivity contribution in [1.82, 2.24) is 35.5 Å². The maximum absolute atomic E-state index is 14.0. The van der Waals surface area contributed by atoms with Gasteiger partial charge in [-0.15, -0.1) is 5.10 Å². The summed E-state index contributed by atoms with van der Waals surface area (Å²) in [5.74, 6) is -0.771. The molecule has 2 amide bonds. The van der Waals surface area contributed by atoms with Crippen LogP contribution >= 0.6 is 23.2 Å². The SMILES string of the molecule is O=C(/C=C/c1cc(Cl)ccc1-n1cnnn1)N[C@H]1C/C=C/CCC(=O)Nc2cc(F)ccc2-c2nc1[nH]c2Cl. The number of aromatic nitrogens is 6. The number of tetrazole rings is 1. The number of hydrogen-bond acceptors (Lipinski definition) is 6. The molecule has 5 rings (SSSR count). The summed E-state index contributed by atoms with van der Waals surface area (Å²) in [4.78, 5) is 33.0. The molecule has 0 radical (unpaired) electrons. The van der Waals surface area contributed by atoms with Crippen molar-refractivity contribution in [2.45, 2.75) is 25.3 Å². The lowest BCUT2D eigenvalue weighted by atomic mass is 10.1. The highest BCUT2D eigenvalue weighted by molar-refractivity contribution is 6.32. The van der Waals surface area contributed by atoms with Crippen molar-refractivity contribution >= 4 is 46.8 Å². The van der Waals surface area contributed by atoms with Gasteiger partial charge in [-0.05, 0) is 65.7 Å². The molecule has 2 aromatic heterocycles. The maximum Gasteiger partial charge on any atom is 0.244 e. The van der Waals surface area contributed by atoms with Crippen LogP contribution in [0, 0.1) is 5.82 Å². The van der Waals surface area contributed by atoms with E-state index in [9.17, 15) is 14.0 Å². The second-order valence-electron chi connectivity index (χ2n) is 8.62. The summed E-state index contributed by atoms with van der Waals surface area (Å²) in [6, 6.07) is 8.54. The van der Waals surface area contributed by atoms with Gasteiger partial charge in [0.05, 0.1) is 17.4 Å². The molecule has 4 aromatic rings. The minimum atomic E-state index is -0.573. The molecule has 0 aliphatic carbocycles. The molecule has 1 aliphatic rings. The van der Waals surface area contributed by atoms with E-state index in [1.54, 1.807) is 24.3 Å². The lowest BCUT2D eigenvalue weighted by molar-refractivity contribution is -0.117. The van der Waals surface area contributed by atoms with E-state index in [1.807, 2.05) is 12.2 Å². The zero-order chi connectivity index (χ0) is 27.4. The molecule has 13 heteroatoms. The Morgan fingerprint density at radius 1 is 1.18 bits per heavy atom. The number of nitrogens with zero attached hydrogens (tertiary/aromatic N) is 5. The first-order chi connectivity index (χ1) is 18.9. The Labute approximate surface area is 231 Å². The number of aromatic amines is 1. The largest absolute Gasteiger partial charge is 0.342 e. The molecule has 0 spiro atoms. The zero-order valence-corrected chi connectivity index (χ0v) is 21.7. The van der Waals surface area contributed by atoms with Crippen LogP contribution in [0.2, 0.25) is 10.2 Å². The molecule has 2 aromatic carbocycles. The van der Waals surface area contributed by atoms with Crippen molar-refractivity contribution in [3.8, 4) is 16.9 Å². The van der Waals surface area contributed by atoms with Crippen LogP contribution in [0.1, 0.15) is 36.7 Å². The number of imidazole rings is 1. The van der Waals surface area contributed by atoms with Crippen LogP contribution in [0.4, 0.5) is 10.1 Å². The zero-order valence-electron chi connectivity index (χ0n) is 20.2. The van der Waals surface area contributed by atoms with E-state index < -0.39 is 17.8 Å². The Balaban J connectivity index is 1.44. The number of benzene rings is 2. The number of allylic oxidation sites excluding steroid dienone is 1. The summed E-state index contributed by atoms with van der Waals surface area (Å²) in [7, 11) is 0. The molecule has 3 N–H and O–H groups in total. The van der Waals surface area contributed by atoms with E-state index in [-0.39, 0.29) is 23.2 Å². The molecule has 2 bridgehead atoms. The fourth-order valence-electron chi connectivity index (χ4n) is 4.08. The number of rotatable bonds is 4. The van der Waals surface area contributed by atoms with Gasteiger partial charge >= 0.3 is 0 Å². The van der Waals surface area contributed by atoms with Crippen LogP contribution in [0.25, 0.3) is 23.0 Å². The van der Waals surface area contributed by atoms with Crippen LogP contribution in [0.5, 0.6) is 0 Å². The number of carbonyl (C=O) groups excluding carboxylic acids is 2. The van der Waals surface area contributed by atoms with Gasteiger partial charge in [0.2, 0.25) is 11.8 Å². The number of hydrogen-bond donors (Lipinski definition) is 3. The van der Waals surface area contributed by atoms with Crippen LogP contribution in [0.3, 0.4) is 0 Å². The fourth-order valence-corrected chi connectivity index (χ4v) is 4.50. The summed E-state index contributed by atoms with van der Waals surface area (Å²) < 4.78 is 15.4. The molecule has 3 heterocycles. The van der Waals surface area contributed by atoms with Gasteiger partial charge in [-0.3, -0.25) is 9.59 Å². The highest BCUT2D eigenvalue weighted by Gasteiger charge is 2.22. The van der Waals surface area contributed by atoms with Crippen LogP contribution in [-0.4, -0.2) is 42.0 Å². The van der Waals surface area contributed by atoms with Crippen LogP contribution in [-0.2, 0) is 9.59 Å². The van der Waals surface area contributed by atoms with E-state index in [2.05, 4.69) is 36.1 Å². The van der Waals surface area contributed by atoms with Crippen LogP contribution in [0.15, 0.2) is 61.0 Å². The summed E-state index contributed by atoms with van der Waals surface area (Å²) in [6.45, 7) is 0. The van der Waals surface area contributed by atoms with Crippen molar-refractivity contribution in [3.05, 3.63) is 88.3 Å². The minimum Gasteiger partial charge on any atom is -0.342 e. The van der Waals surface area contributed by atoms with E-state index in [0.717, 1.165) is 0 Å². The van der Waals surface area contributed by atoms with Gasteiger partial charge in [-0.1, -0.05) is 35.4 Å². The Bertz CT molecular complexity index is 1580. The van der Waals surface area contributed by atoms with Gasteiger partial charge in [0.25, 0.3) is 0 Å².